The van der Waals surface area contributed by atoms with Crippen LogP contribution in [0.2, 0.25) is 0 Å². The topological polar surface area (TPSA) is 109 Å². The number of para-hydroxylation sites is 1. The molecule has 1 atom stereocenters. The molecule has 108 valence electrons. The Kier molecular flexibility index (Phi) is 5.71. The second-order valence-corrected chi connectivity index (χ2v) is 4.34. The van der Waals surface area contributed by atoms with Crippen LogP contribution < -0.4 is 15.5 Å². The Bertz CT molecular complexity index is 512. The van der Waals surface area contributed by atoms with Gasteiger partial charge in [0.05, 0.1) is 5.97 Å². The third-order valence-electron chi connectivity index (χ3n) is 2.97. The fraction of sp³-hybridized carbons (Fsp3) is 0.357. The van der Waals surface area contributed by atoms with Gasteiger partial charge in [0, 0.05) is 23.6 Å². The Morgan fingerprint density at radius 1 is 1.20 bits per heavy atom. The zero-order valence-corrected chi connectivity index (χ0v) is 11.0. The second-order valence-electron chi connectivity index (χ2n) is 4.34. The summed E-state index contributed by atoms with van der Waals surface area (Å²) in [6.07, 6.45) is 0.511. The summed E-state index contributed by atoms with van der Waals surface area (Å²) in [4.78, 5) is 33.3. The Morgan fingerprint density at radius 3 is 2.40 bits per heavy atom. The van der Waals surface area contributed by atoms with Crippen molar-refractivity contribution in [3.63, 3.8) is 0 Å². The van der Waals surface area contributed by atoms with E-state index in [1.54, 1.807) is 13.0 Å². The molecule has 1 aromatic carbocycles. The average Bonchev–Trinajstić information content (AvgIpc) is 2.39. The molecular formula is C14H15NO5-2. The number of benzene rings is 1. The predicted octanol–water partition coefficient (Wildman–Crippen LogP) is -0.455. The first-order valence-electron chi connectivity index (χ1n) is 6.26. The fourth-order valence-corrected chi connectivity index (χ4v) is 1.78. The van der Waals surface area contributed by atoms with Gasteiger partial charge in [-0.2, -0.15) is 0 Å². The summed E-state index contributed by atoms with van der Waals surface area (Å²) < 4.78 is 0. The van der Waals surface area contributed by atoms with E-state index >= 15 is 0 Å². The number of nitrogens with one attached hydrogen (secondary N) is 1. The highest BCUT2D eigenvalue weighted by atomic mass is 16.4. The fourth-order valence-electron chi connectivity index (χ4n) is 1.78. The van der Waals surface area contributed by atoms with Crippen molar-refractivity contribution in [2.24, 2.45) is 5.92 Å². The van der Waals surface area contributed by atoms with Crippen LogP contribution in [0.25, 0.3) is 0 Å². The molecule has 0 aliphatic heterocycles. The van der Waals surface area contributed by atoms with E-state index in [2.05, 4.69) is 5.32 Å². The number of amides is 1. The number of carbonyl (C=O) groups is 3. The number of rotatable bonds is 7. The SMILES string of the molecule is CCC(CCC(=O)Nc1ccccc1C(=O)[O-])C(=O)[O-]. The molecule has 1 aromatic rings. The molecule has 6 heteroatoms. The van der Waals surface area contributed by atoms with E-state index in [0.717, 1.165) is 0 Å². The van der Waals surface area contributed by atoms with Gasteiger partial charge >= 0.3 is 0 Å². The van der Waals surface area contributed by atoms with Gasteiger partial charge in [0.25, 0.3) is 0 Å². The molecule has 0 bridgehead atoms. The lowest BCUT2D eigenvalue weighted by molar-refractivity contribution is -0.311. The molecule has 1 unspecified atom stereocenters. The van der Waals surface area contributed by atoms with E-state index < -0.39 is 23.8 Å². The first-order chi connectivity index (χ1) is 9.45. The molecule has 0 aromatic heterocycles. The zero-order chi connectivity index (χ0) is 15.1. The van der Waals surface area contributed by atoms with Crippen molar-refractivity contribution in [3.8, 4) is 0 Å². The van der Waals surface area contributed by atoms with Gasteiger partial charge in [-0.05, 0) is 24.8 Å². The van der Waals surface area contributed by atoms with Crippen molar-refractivity contribution in [2.75, 3.05) is 5.32 Å². The molecule has 0 saturated heterocycles. The molecule has 1 N–H and O–H groups in total. The van der Waals surface area contributed by atoms with Gasteiger partial charge in [-0.3, -0.25) is 4.79 Å². The number of anilines is 1. The van der Waals surface area contributed by atoms with Crippen LogP contribution in [-0.4, -0.2) is 17.8 Å². The van der Waals surface area contributed by atoms with Crippen LogP contribution >= 0.6 is 0 Å². The van der Waals surface area contributed by atoms with Gasteiger partial charge in [-0.1, -0.05) is 25.1 Å². The van der Waals surface area contributed by atoms with Crippen LogP contribution in [0.4, 0.5) is 5.69 Å². The summed E-state index contributed by atoms with van der Waals surface area (Å²) in [5.74, 6) is -3.70. The number of carbonyl (C=O) groups excluding carboxylic acids is 3. The molecule has 0 radical (unpaired) electrons. The van der Waals surface area contributed by atoms with Crippen LogP contribution in [0.3, 0.4) is 0 Å². The van der Waals surface area contributed by atoms with Gasteiger partial charge in [-0.15, -0.1) is 0 Å². The monoisotopic (exact) mass is 277 g/mol. The van der Waals surface area contributed by atoms with Gasteiger partial charge in [0.15, 0.2) is 0 Å². The van der Waals surface area contributed by atoms with E-state index in [9.17, 15) is 24.6 Å². The summed E-state index contributed by atoms with van der Waals surface area (Å²) in [7, 11) is 0. The largest absolute Gasteiger partial charge is 0.550 e. The highest BCUT2D eigenvalue weighted by molar-refractivity contribution is 5.99. The molecule has 1 rings (SSSR count). The molecule has 0 aliphatic rings. The van der Waals surface area contributed by atoms with Crippen LogP contribution in [-0.2, 0) is 9.59 Å². The normalized spacial score (nSPS) is 11.7. The molecule has 0 spiro atoms. The first kappa shape index (κ1) is 15.7. The number of aliphatic carboxylic acids is 1. The van der Waals surface area contributed by atoms with Crippen molar-refractivity contribution in [1.82, 2.24) is 0 Å². The summed E-state index contributed by atoms with van der Waals surface area (Å²) in [6.45, 7) is 1.70. The minimum absolute atomic E-state index is 0.0200. The highest BCUT2D eigenvalue weighted by Gasteiger charge is 2.12. The van der Waals surface area contributed by atoms with Gasteiger partial charge in [0.2, 0.25) is 5.91 Å². The lowest BCUT2D eigenvalue weighted by Gasteiger charge is -2.16. The maximum absolute atomic E-state index is 11.7. The predicted molar refractivity (Wildman–Crippen MR) is 67.4 cm³/mol. The molecule has 0 aliphatic carbocycles. The van der Waals surface area contributed by atoms with Crippen molar-refractivity contribution < 1.29 is 24.6 Å². The standard InChI is InChI=1S/C14H17NO5/c1-2-9(13(17)18)7-8-12(16)15-11-6-4-3-5-10(11)14(19)20/h3-6,9H,2,7-8H2,1H3,(H,15,16)(H,17,18)(H,19,20)/p-2. The number of carboxylic acid groups (broad SMARTS) is 2. The van der Waals surface area contributed by atoms with Crippen LogP contribution in [0.1, 0.15) is 36.5 Å². The maximum atomic E-state index is 11.7. The van der Waals surface area contributed by atoms with E-state index in [0.29, 0.717) is 6.42 Å². The lowest BCUT2D eigenvalue weighted by Crippen LogP contribution is -2.31. The number of hydrogen-bond acceptors (Lipinski definition) is 5. The van der Waals surface area contributed by atoms with Crippen LogP contribution in [0.5, 0.6) is 0 Å². The molecule has 1 amide bonds. The maximum Gasteiger partial charge on any atom is 0.224 e. The Balaban J connectivity index is 2.63. The van der Waals surface area contributed by atoms with E-state index in [1.165, 1.54) is 18.2 Å². The Labute approximate surface area is 116 Å². The van der Waals surface area contributed by atoms with E-state index in [-0.39, 0.29) is 24.1 Å². The minimum atomic E-state index is -1.39. The van der Waals surface area contributed by atoms with Gasteiger partial charge in [-0.25, -0.2) is 0 Å². The first-order valence-corrected chi connectivity index (χ1v) is 6.26. The quantitative estimate of drug-likeness (QED) is 0.725. The molecule has 0 fully saturated rings. The zero-order valence-electron chi connectivity index (χ0n) is 11.0. The summed E-state index contributed by atoms with van der Waals surface area (Å²) in [5.41, 5.74) is 0.0202. The molecular weight excluding hydrogens is 262 g/mol. The van der Waals surface area contributed by atoms with Crippen LogP contribution in [0, 0.1) is 5.92 Å². The number of carboxylic acids is 2. The van der Waals surface area contributed by atoms with Crippen molar-refractivity contribution in [3.05, 3.63) is 29.8 Å². The van der Waals surface area contributed by atoms with Crippen molar-refractivity contribution >= 4 is 23.5 Å². The Hall–Kier alpha value is -2.37. The lowest BCUT2D eigenvalue weighted by atomic mass is 10.0. The third-order valence-corrected chi connectivity index (χ3v) is 2.97. The van der Waals surface area contributed by atoms with Gasteiger partial charge < -0.3 is 25.1 Å². The summed E-state index contributed by atoms with van der Waals surface area (Å²) >= 11 is 0. The molecule has 20 heavy (non-hydrogen) atoms. The molecule has 0 saturated carbocycles. The van der Waals surface area contributed by atoms with E-state index in [1.807, 2.05) is 0 Å². The van der Waals surface area contributed by atoms with E-state index in [4.69, 9.17) is 0 Å². The number of hydrogen-bond donors (Lipinski definition) is 1. The molecule has 0 heterocycles. The molecule has 6 nitrogen and oxygen atoms in total. The second kappa shape index (κ2) is 7.28. The minimum Gasteiger partial charge on any atom is -0.550 e. The number of aromatic carboxylic acids is 1. The van der Waals surface area contributed by atoms with Gasteiger partial charge in [0.1, 0.15) is 0 Å². The smallest absolute Gasteiger partial charge is 0.224 e. The third kappa shape index (κ3) is 4.38. The average molecular weight is 277 g/mol. The van der Waals surface area contributed by atoms with Crippen molar-refractivity contribution in [1.29, 1.82) is 0 Å². The Morgan fingerprint density at radius 2 is 1.85 bits per heavy atom. The summed E-state index contributed by atoms with van der Waals surface area (Å²) in [5, 5.41) is 24.0. The van der Waals surface area contributed by atoms with Crippen LogP contribution in [0.15, 0.2) is 24.3 Å². The summed E-state index contributed by atoms with van der Waals surface area (Å²) in [6, 6.07) is 5.86. The van der Waals surface area contributed by atoms with Crippen molar-refractivity contribution in [2.45, 2.75) is 26.2 Å². The highest BCUT2D eigenvalue weighted by Crippen LogP contribution is 2.16.